The number of rotatable bonds is 6. The van der Waals surface area contributed by atoms with Gasteiger partial charge in [0.05, 0.1) is 12.1 Å². The first-order chi connectivity index (χ1) is 9.26. The van der Waals surface area contributed by atoms with E-state index < -0.39 is 0 Å². The second-order valence-corrected chi connectivity index (χ2v) is 4.34. The van der Waals surface area contributed by atoms with Gasteiger partial charge in [-0.25, -0.2) is 0 Å². The van der Waals surface area contributed by atoms with Crippen molar-refractivity contribution >= 4 is 10.9 Å². The van der Waals surface area contributed by atoms with E-state index in [1.165, 1.54) is 4.68 Å². The molecular weight excluding hydrogens is 244 g/mol. The van der Waals surface area contributed by atoms with Crippen LogP contribution in [0.2, 0.25) is 0 Å². The third kappa shape index (κ3) is 3.15. The van der Waals surface area contributed by atoms with E-state index in [1.807, 2.05) is 24.0 Å². The Hall–Kier alpha value is -1.79. The molecule has 6 nitrogen and oxygen atoms in total. The number of benzene rings is 1. The zero-order valence-corrected chi connectivity index (χ0v) is 11.0. The standard InChI is InChI=1S/C13H18N4O2/c1-2-16(8-5-9-18)10-17-13(19)11-6-3-4-7-12(11)14-15-17/h3-4,6-7,18H,2,5,8-10H2,1H3. The molecule has 0 aliphatic rings. The molecule has 19 heavy (non-hydrogen) atoms. The van der Waals surface area contributed by atoms with Crippen LogP contribution in [-0.4, -0.2) is 44.7 Å². The predicted molar refractivity (Wildman–Crippen MR) is 72.7 cm³/mol. The van der Waals surface area contributed by atoms with Crippen LogP contribution in [0.25, 0.3) is 10.9 Å². The number of fused-ring (bicyclic) bond motifs is 1. The van der Waals surface area contributed by atoms with Crippen LogP contribution >= 0.6 is 0 Å². The van der Waals surface area contributed by atoms with Gasteiger partial charge in [0.15, 0.2) is 0 Å². The van der Waals surface area contributed by atoms with E-state index in [-0.39, 0.29) is 12.2 Å². The van der Waals surface area contributed by atoms with Crippen LogP contribution in [0.5, 0.6) is 0 Å². The minimum absolute atomic E-state index is 0.131. The molecule has 0 unspecified atom stereocenters. The Bertz CT molecular complexity index is 596. The zero-order chi connectivity index (χ0) is 13.7. The maximum Gasteiger partial charge on any atom is 0.278 e. The van der Waals surface area contributed by atoms with Gasteiger partial charge in [0.2, 0.25) is 0 Å². The maximum atomic E-state index is 12.2. The van der Waals surface area contributed by atoms with E-state index >= 15 is 0 Å². The molecule has 0 aliphatic heterocycles. The van der Waals surface area contributed by atoms with Crippen LogP contribution in [-0.2, 0) is 6.67 Å². The molecule has 1 aromatic heterocycles. The third-order valence-corrected chi connectivity index (χ3v) is 3.04. The van der Waals surface area contributed by atoms with Crippen molar-refractivity contribution in [2.45, 2.75) is 20.0 Å². The number of aliphatic hydroxyl groups excluding tert-OH is 1. The number of hydrogen-bond donors (Lipinski definition) is 1. The van der Waals surface area contributed by atoms with Gasteiger partial charge in [0.1, 0.15) is 5.52 Å². The fraction of sp³-hybridized carbons (Fsp3) is 0.462. The summed E-state index contributed by atoms with van der Waals surface area (Å²) in [5.41, 5.74) is 0.482. The smallest absolute Gasteiger partial charge is 0.278 e. The molecule has 0 fully saturated rings. The summed E-state index contributed by atoms with van der Waals surface area (Å²) in [6, 6.07) is 7.18. The van der Waals surface area contributed by atoms with Gasteiger partial charge < -0.3 is 5.11 Å². The molecule has 102 valence electrons. The molecule has 0 bridgehead atoms. The summed E-state index contributed by atoms with van der Waals surface area (Å²) < 4.78 is 1.36. The van der Waals surface area contributed by atoms with Gasteiger partial charge in [-0.1, -0.05) is 24.3 Å². The minimum atomic E-state index is -0.131. The van der Waals surface area contributed by atoms with E-state index in [4.69, 9.17) is 5.11 Å². The van der Waals surface area contributed by atoms with Crippen LogP contribution in [0, 0.1) is 0 Å². The first-order valence-corrected chi connectivity index (χ1v) is 6.42. The summed E-state index contributed by atoms with van der Waals surface area (Å²) in [5, 5.41) is 17.4. The van der Waals surface area contributed by atoms with Crippen LogP contribution < -0.4 is 5.56 Å². The van der Waals surface area contributed by atoms with Crippen LogP contribution in [0.15, 0.2) is 29.1 Å². The average molecular weight is 262 g/mol. The number of hydrogen-bond acceptors (Lipinski definition) is 5. The van der Waals surface area contributed by atoms with E-state index in [1.54, 1.807) is 12.1 Å². The fourth-order valence-electron chi connectivity index (χ4n) is 1.93. The normalized spacial score (nSPS) is 11.3. The molecule has 0 saturated carbocycles. The molecule has 1 aromatic carbocycles. The fourth-order valence-corrected chi connectivity index (χ4v) is 1.93. The lowest BCUT2D eigenvalue weighted by molar-refractivity contribution is 0.184. The van der Waals surface area contributed by atoms with Gasteiger partial charge in [-0.15, -0.1) is 5.10 Å². The molecular formula is C13H18N4O2. The molecule has 2 aromatic rings. The molecule has 0 radical (unpaired) electrons. The summed E-state index contributed by atoms with van der Waals surface area (Å²) >= 11 is 0. The van der Waals surface area contributed by atoms with E-state index in [0.717, 1.165) is 13.1 Å². The second kappa shape index (κ2) is 6.40. The summed E-state index contributed by atoms with van der Waals surface area (Å²) in [6.45, 7) is 4.08. The molecule has 0 aliphatic carbocycles. The summed E-state index contributed by atoms with van der Waals surface area (Å²) in [6.07, 6.45) is 0.684. The van der Waals surface area contributed by atoms with E-state index in [9.17, 15) is 4.79 Å². The van der Waals surface area contributed by atoms with Crippen molar-refractivity contribution in [2.24, 2.45) is 0 Å². The van der Waals surface area contributed by atoms with Crippen molar-refractivity contribution in [2.75, 3.05) is 19.7 Å². The third-order valence-electron chi connectivity index (χ3n) is 3.04. The maximum absolute atomic E-state index is 12.2. The highest BCUT2D eigenvalue weighted by atomic mass is 16.3. The highest BCUT2D eigenvalue weighted by Gasteiger charge is 2.08. The van der Waals surface area contributed by atoms with Gasteiger partial charge in [0, 0.05) is 13.2 Å². The highest BCUT2D eigenvalue weighted by molar-refractivity contribution is 5.76. The Morgan fingerprint density at radius 1 is 1.37 bits per heavy atom. The Morgan fingerprint density at radius 2 is 2.16 bits per heavy atom. The summed E-state index contributed by atoms with van der Waals surface area (Å²) in [7, 11) is 0. The van der Waals surface area contributed by atoms with Crippen LogP contribution in [0.1, 0.15) is 13.3 Å². The average Bonchev–Trinajstić information content (AvgIpc) is 2.46. The molecule has 6 heteroatoms. The lowest BCUT2D eigenvalue weighted by Crippen LogP contribution is -2.35. The predicted octanol–water partition coefficient (Wildman–Crippen LogP) is 0.453. The molecule has 0 amide bonds. The topological polar surface area (TPSA) is 71.2 Å². The lowest BCUT2D eigenvalue weighted by atomic mass is 10.2. The zero-order valence-electron chi connectivity index (χ0n) is 11.0. The van der Waals surface area contributed by atoms with Crippen molar-refractivity contribution in [1.29, 1.82) is 0 Å². The quantitative estimate of drug-likeness (QED) is 0.818. The molecule has 0 atom stereocenters. The molecule has 2 rings (SSSR count). The Balaban J connectivity index is 2.25. The molecule has 0 spiro atoms. The van der Waals surface area contributed by atoms with Gasteiger partial charge in [-0.2, -0.15) is 4.68 Å². The lowest BCUT2D eigenvalue weighted by Gasteiger charge is -2.19. The highest BCUT2D eigenvalue weighted by Crippen LogP contribution is 2.03. The SMILES string of the molecule is CCN(CCCO)Cn1nnc2ccccc2c1=O. The first kappa shape index (κ1) is 13.6. The van der Waals surface area contributed by atoms with Gasteiger partial charge in [-0.05, 0) is 25.1 Å². The monoisotopic (exact) mass is 262 g/mol. The van der Waals surface area contributed by atoms with E-state index in [0.29, 0.717) is 24.0 Å². The second-order valence-electron chi connectivity index (χ2n) is 4.34. The van der Waals surface area contributed by atoms with E-state index in [2.05, 4.69) is 10.3 Å². The molecule has 0 saturated heterocycles. The van der Waals surface area contributed by atoms with Crippen molar-refractivity contribution in [3.63, 3.8) is 0 Å². The number of nitrogens with zero attached hydrogens (tertiary/aromatic N) is 4. The summed E-state index contributed by atoms with van der Waals surface area (Å²) in [5.74, 6) is 0. The largest absolute Gasteiger partial charge is 0.396 e. The van der Waals surface area contributed by atoms with Crippen LogP contribution in [0.4, 0.5) is 0 Å². The van der Waals surface area contributed by atoms with Crippen molar-refractivity contribution in [1.82, 2.24) is 19.9 Å². The summed E-state index contributed by atoms with van der Waals surface area (Å²) in [4.78, 5) is 14.3. The molecule has 1 N–H and O–H groups in total. The van der Waals surface area contributed by atoms with Crippen molar-refractivity contribution in [3.05, 3.63) is 34.6 Å². The number of aliphatic hydroxyl groups is 1. The van der Waals surface area contributed by atoms with Crippen LogP contribution in [0.3, 0.4) is 0 Å². The van der Waals surface area contributed by atoms with Crippen molar-refractivity contribution in [3.8, 4) is 0 Å². The molecule has 1 heterocycles. The van der Waals surface area contributed by atoms with Gasteiger partial charge in [-0.3, -0.25) is 9.69 Å². The Labute approximate surface area is 111 Å². The van der Waals surface area contributed by atoms with Gasteiger partial charge >= 0.3 is 0 Å². The Morgan fingerprint density at radius 3 is 2.89 bits per heavy atom. The number of aromatic nitrogens is 3. The minimum Gasteiger partial charge on any atom is -0.396 e. The Kier molecular flexibility index (Phi) is 4.59. The first-order valence-electron chi connectivity index (χ1n) is 6.42. The van der Waals surface area contributed by atoms with Gasteiger partial charge in [0.25, 0.3) is 5.56 Å². The van der Waals surface area contributed by atoms with Crippen molar-refractivity contribution < 1.29 is 5.11 Å².